The molecule has 0 atom stereocenters. The molecule has 0 aromatic heterocycles. The molecule has 0 aliphatic carbocycles. The second-order valence-corrected chi connectivity index (χ2v) is 5.14. The Morgan fingerprint density at radius 1 is 1.27 bits per heavy atom. The molecule has 84 valence electrons. The van der Waals surface area contributed by atoms with E-state index in [4.69, 9.17) is 4.74 Å². The molecule has 0 bridgehead atoms. The van der Waals surface area contributed by atoms with Crippen LogP contribution < -0.4 is 4.74 Å². The van der Waals surface area contributed by atoms with Crippen molar-refractivity contribution in [1.29, 1.82) is 0 Å². The number of aryl methyl sites for hydroxylation is 1. The first-order valence-electron chi connectivity index (χ1n) is 5.41. The van der Waals surface area contributed by atoms with E-state index in [1.165, 1.54) is 11.1 Å². The van der Waals surface area contributed by atoms with Crippen LogP contribution in [0.1, 0.15) is 31.4 Å². The molecule has 0 aliphatic rings. The Morgan fingerprint density at radius 2 is 1.93 bits per heavy atom. The fourth-order valence-corrected chi connectivity index (χ4v) is 1.69. The summed E-state index contributed by atoms with van der Waals surface area (Å²) in [5, 5.41) is 0. The number of ether oxygens (including phenoxy) is 1. The molecule has 0 aliphatic heterocycles. The number of rotatable bonds is 4. The highest BCUT2D eigenvalue weighted by molar-refractivity contribution is 9.10. The van der Waals surface area contributed by atoms with E-state index in [-0.39, 0.29) is 0 Å². The van der Waals surface area contributed by atoms with Crippen LogP contribution >= 0.6 is 15.9 Å². The molecular weight excluding hydrogens is 252 g/mol. The quantitative estimate of drug-likeness (QED) is 0.784. The van der Waals surface area contributed by atoms with E-state index in [9.17, 15) is 0 Å². The molecule has 1 aromatic carbocycles. The maximum absolute atomic E-state index is 5.75. The third kappa shape index (κ3) is 3.53. The fourth-order valence-electron chi connectivity index (χ4n) is 1.36. The van der Waals surface area contributed by atoms with Crippen LogP contribution in [0.5, 0.6) is 5.75 Å². The lowest BCUT2D eigenvalue weighted by atomic mass is 10.1. The van der Waals surface area contributed by atoms with Gasteiger partial charge in [0.2, 0.25) is 0 Å². The zero-order valence-electron chi connectivity index (χ0n) is 9.93. The molecule has 0 radical (unpaired) electrons. The van der Waals surface area contributed by atoms with Crippen molar-refractivity contribution in [3.05, 3.63) is 27.7 Å². The van der Waals surface area contributed by atoms with E-state index in [1.807, 2.05) is 0 Å². The van der Waals surface area contributed by atoms with Crippen molar-refractivity contribution in [2.75, 3.05) is 6.61 Å². The SMILES string of the molecule is Cc1ccc(OCCC(C)C)c(C)c1Br. The van der Waals surface area contributed by atoms with Crippen molar-refractivity contribution < 1.29 is 4.74 Å². The Kier molecular flexibility index (Phi) is 4.65. The van der Waals surface area contributed by atoms with E-state index in [0.29, 0.717) is 5.92 Å². The van der Waals surface area contributed by atoms with Gasteiger partial charge in [0.15, 0.2) is 0 Å². The van der Waals surface area contributed by atoms with Gasteiger partial charge in [-0.3, -0.25) is 0 Å². The van der Waals surface area contributed by atoms with Gasteiger partial charge in [0.25, 0.3) is 0 Å². The van der Waals surface area contributed by atoms with E-state index in [0.717, 1.165) is 23.2 Å². The van der Waals surface area contributed by atoms with E-state index < -0.39 is 0 Å². The average Bonchev–Trinajstić information content (AvgIpc) is 2.18. The molecule has 1 nitrogen and oxygen atoms in total. The van der Waals surface area contributed by atoms with Gasteiger partial charge in [-0.25, -0.2) is 0 Å². The second-order valence-electron chi connectivity index (χ2n) is 4.35. The van der Waals surface area contributed by atoms with E-state index in [1.54, 1.807) is 0 Å². The second kappa shape index (κ2) is 5.55. The minimum Gasteiger partial charge on any atom is -0.493 e. The molecule has 0 saturated carbocycles. The zero-order chi connectivity index (χ0) is 11.4. The molecule has 0 unspecified atom stereocenters. The number of benzene rings is 1. The van der Waals surface area contributed by atoms with Crippen molar-refractivity contribution in [3.63, 3.8) is 0 Å². The van der Waals surface area contributed by atoms with Gasteiger partial charge in [0, 0.05) is 10.0 Å². The highest BCUT2D eigenvalue weighted by Gasteiger charge is 2.05. The van der Waals surface area contributed by atoms with Gasteiger partial charge in [-0.05, 0) is 37.8 Å². The molecule has 0 amide bonds. The van der Waals surface area contributed by atoms with Crippen LogP contribution in [0.25, 0.3) is 0 Å². The summed E-state index contributed by atoms with van der Waals surface area (Å²) in [6.07, 6.45) is 1.10. The lowest BCUT2D eigenvalue weighted by Gasteiger charge is -2.12. The Hall–Kier alpha value is -0.500. The van der Waals surface area contributed by atoms with Crippen LogP contribution in [0.4, 0.5) is 0 Å². The van der Waals surface area contributed by atoms with Crippen molar-refractivity contribution in [1.82, 2.24) is 0 Å². The van der Waals surface area contributed by atoms with Gasteiger partial charge in [0.1, 0.15) is 5.75 Å². The molecule has 1 aromatic rings. The number of halogens is 1. The Bertz CT molecular complexity index is 332. The largest absolute Gasteiger partial charge is 0.493 e. The van der Waals surface area contributed by atoms with Crippen molar-refractivity contribution in [2.24, 2.45) is 5.92 Å². The van der Waals surface area contributed by atoms with Crippen molar-refractivity contribution >= 4 is 15.9 Å². The average molecular weight is 271 g/mol. The third-order valence-corrected chi connectivity index (χ3v) is 3.70. The maximum atomic E-state index is 5.75. The summed E-state index contributed by atoms with van der Waals surface area (Å²) >= 11 is 3.57. The van der Waals surface area contributed by atoms with Gasteiger partial charge < -0.3 is 4.74 Å². The highest BCUT2D eigenvalue weighted by atomic mass is 79.9. The lowest BCUT2D eigenvalue weighted by molar-refractivity contribution is 0.287. The van der Waals surface area contributed by atoms with Crippen molar-refractivity contribution in [3.8, 4) is 5.75 Å². The number of hydrogen-bond donors (Lipinski definition) is 0. The van der Waals surface area contributed by atoms with Crippen LogP contribution in [-0.2, 0) is 0 Å². The summed E-state index contributed by atoms with van der Waals surface area (Å²) < 4.78 is 6.91. The molecule has 2 heteroatoms. The molecule has 15 heavy (non-hydrogen) atoms. The summed E-state index contributed by atoms with van der Waals surface area (Å²) in [4.78, 5) is 0. The minimum absolute atomic E-state index is 0.694. The lowest BCUT2D eigenvalue weighted by Crippen LogP contribution is -2.02. The fraction of sp³-hybridized carbons (Fsp3) is 0.538. The topological polar surface area (TPSA) is 9.23 Å². The van der Waals surface area contributed by atoms with Gasteiger partial charge >= 0.3 is 0 Å². The minimum atomic E-state index is 0.694. The Labute approximate surface area is 101 Å². The molecular formula is C13H19BrO. The summed E-state index contributed by atoms with van der Waals surface area (Å²) in [7, 11) is 0. The van der Waals surface area contributed by atoms with Crippen LogP contribution in [0, 0.1) is 19.8 Å². The van der Waals surface area contributed by atoms with Gasteiger partial charge in [0.05, 0.1) is 6.61 Å². The highest BCUT2D eigenvalue weighted by Crippen LogP contribution is 2.29. The predicted molar refractivity (Wildman–Crippen MR) is 68.6 cm³/mol. The molecule has 0 saturated heterocycles. The van der Waals surface area contributed by atoms with Crippen LogP contribution in [0.3, 0.4) is 0 Å². The molecule has 0 fully saturated rings. The summed E-state index contributed by atoms with van der Waals surface area (Å²) in [6.45, 7) is 9.40. The molecule has 0 heterocycles. The van der Waals surface area contributed by atoms with Gasteiger partial charge in [-0.15, -0.1) is 0 Å². The zero-order valence-corrected chi connectivity index (χ0v) is 11.5. The van der Waals surface area contributed by atoms with E-state index >= 15 is 0 Å². The monoisotopic (exact) mass is 270 g/mol. The van der Waals surface area contributed by atoms with Crippen LogP contribution in [0.2, 0.25) is 0 Å². The molecule has 0 spiro atoms. The normalized spacial score (nSPS) is 10.8. The third-order valence-electron chi connectivity index (χ3n) is 2.48. The summed E-state index contributed by atoms with van der Waals surface area (Å²) in [6, 6.07) is 4.14. The first kappa shape index (κ1) is 12.6. The smallest absolute Gasteiger partial charge is 0.123 e. The molecule has 1 rings (SSSR count). The van der Waals surface area contributed by atoms with Crippen LogP contribution in [0.15, 0.2) is 16.6 Å². The van der Waals surface area contributed by atoms with E-state index in [2.05, 4.69) is 55.8 Å². The Morgan fingerprint density at radius 3 is 2.53 bits per heavy atom. The number of hydrogen-bond acceptors (Lipinski definition) is 1. The van der Waals surface area contributed by atoms with Gasteiger partial charge in [-0.1, -0.05) is 35.8 Å². The standard InChI is InChI=1S/C13H19BrO/c1-9(2)7-8-15-12-6-5-10(3)13(14)11(12)4/h5-6,9H,7-8H2,1-4H3. The Balaban J connectivity index is 2.66. The predicted octanol–water partition coefficient (Wildman–Crippen LogP) is 4.49. The van der Waals surface area contributed by atoms with Crippen LogP contribution in [-0.4, -0.2) is 6.61 Å². The van der Waals surface area contributed by atoms with Crippen molar-refractivity contribution in [2.45, 2.75) is 34.1 Å². The first-order valence-corrected chi connectivity index (χ1v) is 6.20. The summed E-state index contributed by atoms with van der Waals surface area (Å²) in [5.74, 6) is 1.69. The summed E-state index contributed by atoms with van der Waals surface area (Å²) in [5.41, 5.74) is 2.45. The molecule has 0 N–H and O–H groups in total. The van der Waals surface area contributed by atoms with Gasteiger partial charge in [-0.2, -0.15) is 0 Å². The maximum Gasteiger partial charge on any atom is 0.123 e. The first-order chi connectivity index (χ1) is 7.02.